The number of carbonyl (C=O) groups is 1. The second-order valence-electron chi connectivity index (χ2n) is 5.45. The number of nitrogens with zero attached hydrogens (tertiary/aromatic N) is 1. The summed E-state index contributed by atoms with van der Waals surface area (Å²) in [5.74, 6) is 0.264. The van der Waals surface area contributed by atoms with Crippen molar-refractivity contribution in [1.82, 2.24) is 4.90 Å². The third kappa shape index (κ3) is 4.33. The highest BCUT2D eigenvalue weighted by Gasteiger charge is 2.26. The number of aliphatic hydroxyl groups excluding tert-OH is 1. The molecule has 0 saturated carbocycles. The Hall–Kier alpha value is -0.810. The molecule has 2 N–H and O–H groups in total. The minimum absolute atomic E-state index is 0.0957. The van der Waals surface area contributed by atoms with Crippen molar-refractivity contribution in [1.29, 1.82) is 0 Å². The molecule has 1 atom stereocenters. The van der Waals surface area contributed by atoms with Gasteiger partial charge in [0.15, 0.2) is 0 Å². The van der Waals surface area contributed by atoms with Gasteiger partial charge in [0.2, 0.25) is 5.91 Å². The molecule has 1 aromatic carbocycles. The van der Waals surface area contributed by atoms with Crippen LogP contribution >= 0.6 is 23.2 Å². The summed E-state index contributed by atoms with van der Waals surface area (Å²) in [6.07, 6.45) is 1.85. The maximum atomic E-state index is 12.3. The topological polar surface area (TPSA) is 52.6 Å². The number of piperidine rings is 1. The van der Waals surface area contributed by atoms with Crippen molar-refractivity contribution in [2.24, 2.45) is 5.92 Å². The van der Waals surface area contributed by atoms with E-state index in [1.54, 1.807) is 18.2 Å². The van der Waals surface area contributed by atoms with Gasteiger partial charge in [0.25, 0.3) is 0 Å². The molecule has 1 aliphatic heterocycles. The zero-order chi connectivity index (χ0) is 15.4. The van der Waals surface area contributed by atoms with Crippen LogP contribution in [0.1, 0.15) is 19.8 Å². The average molecular weight is 331 g/mol. The fourth-order valence-corrected chi connectivity index (χ4v) is 2.86. The monoisotopic (exact) mass is 330 g/mol. The first-order chi connectivity index (χ1) is 10.0. The van der Waals surface area contributed by atoms with Crippen LogP contribution in [-0.4, -0.2) is 41.7 Å². The highest BCUT2D eigenvalue weighted by atomic mass is 35.5. The molecule has 1 unspecified atom stereocenters. The Morgan fingerprint density at radius 2 is 2.10 bits per heavy atom. The number of rotatable bonds is 4. The van der Waals surface area contributed by atoms with E-state index in [-0.39, 0.29) is 18.6 Å². The Morgan fingerprint density at radius 1 is 1.43 bits per heavy atom. The smallest absolute Gasteiger partial charge is 0.241 e. The molecule has 1 amide bonds. The summed E-state index contributed by atoms with van der Waals surface area (Å²) < 4.78 is 0. The van der Waals surface area contributed by atoms with E-state index in [9.17, 15) is 4.79 Å². The molecule has 1 aromatic rings. The normalized spacial score (nSPS) is 18.5. The molecule has 1 fully saturated rings. The first-order valence-corrected chi connectivity index (χ1v) is 7.87. The van der Waals surface area contributed by atoms with Gasteiger partial charge in [-0.3, -0.25) is 9.69 Å². The number of anilines is 1. The summed E-state index contributed by atoms with van der Waals surface area (Å²) in [5, 5.41) is 13.0. The molecule has 2 rings (SSSR count). The van der Waals surface area contributed by atoms with Crippen LogP contribution in [0.15, 0.2) is 18.2 Å². The number of nitrogens with one attached hydrogen (secondary N) is 1. The molecule has 21 heavy (non-hydrogen) atoms. The lowest BCUT2D eigenvalue weighted by Crippen LogP contribution is -2.46. The number of carbonyl (C=O) groups excluding carboxylic acids is 1. The third-order valence-electron chi connectivity index (χ3n) is 4.02. The Labute approximate surface area is 135 Å². The van der Waals surface area contributed by atoms with Gasteiger partial charge in [0.05, 0.1) is 16.8 Å². The Morgan fingerprint density at radius 3 is 2.71 bits per heavy atom. The van der Waals surface area contributed by atoms with Gasteiger partial charge in [0.1, 0.15) is 0 Å². The summed E-state index contributed by atoms with van der Waals surface area (Å²) in [7, 11) is 0. The summed E-state index contributed by atoms with van der Waals surface area (Å²) in [6, 6.07) is 4.76. The van der Waals surface area contributed by atoms with Crippen LogP contribution in [0.2, 0.25) is 10.0 Å². The molecule has 0 aromatic heterocycles. The molecule has 1 aliphatic rings. The van der Waals surface area contributed by atoms with Gasteiger partial charge in [-0.05, 0) is 57.0 Å². The summed E-state index contributed by atoms with van der Waals surface area (Å²) in [5.41, 5.74) is 0.534. The lowest BCUT2D eigenvalue weighted by Gasteiger charge is -2.34. The summed E-state index contributed by atoms with van der Waals surface area (Å²) >= 11 is 12.0. The van der Waals surface area contributed by atoms with E-state index in [0.717, 1.165) is 25.9 Å². The van der Waals surface area contributed by atoms with Crippen molar-refractivity contribution in [3.63, 3.8) is 0 Å². The molecule has 0 aliphatic carbocycles. The maximum Gasteiger partial charge on any atom is 0.241 e. The van der Waals surface area contributed by atoms with E-state index in [2.05, 4.69) is 10.2 Å². The van der Waals surface area contributed by atoms with Crippen molar-refractivity contribution in [3.05, 3.63) is 28.2 Å². The molecular formula is C15H20Cl2N2O2. The van der Waals surface area contributed by atoms with E-state index >= 15 is 0 Å². The Kier molecular flexibility index (Phi) is 5.88. The van der Waals surface area contributed by atoms with Crippen molar-refractivity contribution < 1.29 is 9.90 Å². The first kappa shape index (κ1) is 16.6. The van der Waals surface area contributed by atoms with Gasteiger partial charge < -0.3 is 10.4 Å². The van der Waals surface area contributed by atoms with Crippen LogP contribution in [0.25, 0.3) is 0 Å². The average Bonchev–Trinajstić information content (AvgIpc) is 2.50. The van der Waals surface area contributed by atoms with Crippen LogP contribution in [0.5, 0.6) is 0 Å². The lowest BCUT2D eigenvalue weighted by molar-refractivity contribution is -0.121. The van der Waals surface area contributed by atoms with E-state index in [0.29, 0.717) is 21.7 Å². The highest BCUT2D eigenvalue weighted by Crippen LogP contribution is 2.26. The van der Waals surface area contributed by atoms with Gasteiger partial charge >= 0.3 is 0 Å². The van der Waals surface area contributed by atoms with Crippen LogP contribution in [-0.2, 0) is 4.79 Å². The second-order valence-corrected chi connectivity index (χ2v) is 6.29. The largest absolute Gasteiger partial charge is 0.396 e. The van der Waals surface area contributed by atoms with E-state index in [1.165, 1.54) is 0 Å². The molecule has 0 spiro atoms. The predicted molar refractivity (Wildman–Crippen MR) is 85.9 cm³/mol. The highest BCUT2D eigenvalue weighted by molar-refractivity contribution is 6.35. The number of hydrogen-bond acceptors (Lipinski definition) is 3. The zero-order valence-electron chi connectivity index (χ0n) is 12.0. The van der Waals surface area contributed by atoms with E-state index < -0.39 is 0 Å². The number of aliphatic hydroxyl groups is 1. The van der Waals surface area contributed by atoms with Gasteiger partial charge in [-0.15, -0.1) is 0 Å². The van der Waals surface area contributed by atoms with Crippen molar-refractivity contribution in [2.45, 2.75) is 25.8 Å². The number of amides is 1. The van der Waals surface area contributed by atoms with Gasteiger partial charge in [0, 0.05) is 11.6 Å². The number of halogens is 2. The fraction of sp³-hybridized carbons (Fsp3) is 0.533. The molecule has 1 saturated heterocycles. The molecule has 4 nitrogen and oxygen atoms in total. The first-order valence-electron chi connectivity index (χ1n) is 7.12. The number of benzene rings is 1. The standard InChI is InChI=1S/C15H20Cl2N2O2/c1-10(19-6-4-11(9-20)5-7-19)15(21)18-14-8-12(16)2-3-13(14)17/h2-3,8,10-11,20H,4-7,9H2,1H3,(H,18,21). The molecule has 0 bridgehead atoms. The molecule has 1 heterocycles. The van der Waals surface area contributed by atoms with Crippen molar-refractivity contribution in [2.75, 3.05) is 25.0 Å². The van der Waals surface area contributed by atoms with Crippen molar-refractivity contribution in [3.8, 4) is 0 Å². The molecule has 0 radical (unpaired) electrons. The Balaban J connectivity index is 1.95. The minimum Gasteiger partial charge on any atom is -0.396 e. The van der Waals surface area contributed by atoms with Gasteiger partial charge in [-0.1, -0.05) is 23.2 Å². The van der Waals surface area contributed by atoms with Gasteiger partial charge in [-0.25, -0.2) is 0 Å². The predicted octanol–water partition coefficient (Wildman–Crippen LogP) is 3.02. The molecular weight excluding hydrogens is 311 g/mol. The van der Waals surface area contributed by atoms with Crippen LogP contribution in [0, 0.1) is 5.92 Å². The number of hydrogen-bond donors (Lipinski definition) is 2. The lowest BCUT2D eigenvalue weighted by atomic mass is 9.97. The molecule has 116 valence electrons. The SMILES string of the molecule is CC(C(=O)Nc1cc(Cl)ccc1Cl)N1CCC(CO)CC1. The van der Waals surface area contributed by atoms with Crippen LogP contribution in [0.3, 0.4) is 0 Å². The van der Waals surface area contributed by atoms with Crippen LogP contribution in [0.4, 0.5) is 5.69 Å². The quantitative estimate of drug-likeness (QED) is 0.892. The zero-order valence-corrected chi connectivity index (χ0v) is 13.5. The fourth-order valence-electron chi connectivity index (χ4n) is 2.52. The second kappa shape index (κ2) is 7.45. The van der Waals surface area contributed by atoms with Gasteiger partial charge in [-0.2, -0.15) is 0 Å². The van der Waals surface area contributed by atoms with E-state index in [4.69, 9.17) is 28.3 Å². The summed E-state index contributed by atoms with van der Waals surface area (Å²) in [6.45, 7) is 3.76. The third-order valence-corrected chi connectivity index (χ3v) is 4.59. The number of likely N-dealkylation sites (tertiary alicyclic amines) is 1. The van der Waals surface area contributed by atoms with Crippen LogP contribution < -0.4 is 5.32 Å². The van der Waals surface area contributed by atoms with E-state index in [1.807, 2.05) is 6.92 Å². The minimum atomic E-state index is -0.236. The molecule has 6 heteroatoms. The summed E-state index contributed by atoms with van der Waals surface area (Å²) in [4.78, 5) is 14.4. The Bertz CT molecular complexity index is 502. The maximum absolute atomic E-state index is 12.3. The van der Waals surface area contributed by atoms with Crippen molar-refractivity contribution >= 4 is 34.8 Å².